The van der Waals surface area contributed by atoms with Crippen LogP contribution in [0.1, 0.15) is 32.9 Å². The van der Waals surface area contributed by atoms with Crippen LogP contribution in [-0.4, -0.2) is 36.6 Å². The third-order valence-corrected chi connectivity index (χ3v) is 5.82. The van der Waals surface area contributed by atoms with Crippen LogP contribution in [0.15, 0.2) is 42.5 Å². The number of benzene rings is 2. The van der Waals surface area contributed by atoms with Crippen molar-refractivity contribution < 1.29 is 23.4 Å². The molecule has 0 radical (unpaired) electrons. The van der Waals surface area contributed by atoms with E-state index in [0.717, 1.165) is 5.56 Å². The summed E-state index contributed by atoms with van der Waals surface area (Å²) in [6, 6.07) is 11.4. The molecule has 0 spiro atoms. The molecule has 0 aliphatic rings. The molecule has 0 bridgehead atoms. The Morgan fingerprint density at radius 2 is 1.81 bits per heavy atom. The number of hydrogen-bond acceptors (Lipinski definition) is 6. The molecular formula is C23H25FN2O4S. The maximum atomic E-state index is 13.2. The van der Waals surface area contributed by atoms with Gasteiger partial charge in [-0.15, -0.1) is 11.3 Å². The summed E-state index contributed by atoms with van der Waals surface area (Å²) in [6.07, 6.45) is 0. The van der Waals surface area contributed by atoms with Crippen molar-refractivity contribution in [2.45, 2.75) is 27.0 Å². The highest BCUT2D eigenvalue weighted by Gasteiger charge is 2.21. The van der Waals surface area contributed by atoms with Crippen molar-refractivity contribution in [2.75, 3.05) is 20.8 Å². The predicted octanol–water partition coefficient (Wildman–Crippen LogP) is 4.85. The molecule has 0 fully saturated rings. The zero-order valence-electron chi connectivity index (χ0n) is 18.0. The second-order valence-corrected chi connectivity index (χ2v) is 7.86. The Balaban J connectivity index is 1.71. The first kappa shape index (κ1) is 22.6. The van der Waals surface area contributed by atoms with Gasteiger partial charge < -0.3 is 19.1 Å². The van der Waals surface area contributed by atoms with Crippen LogP contribution in [0.2, 0.25) is 0 Å². The summed E-state index contributed by atoms with van der Waals surface area (Å²) in [4.78, 5) is 20.0. The lowest BCUT2D eigenvalue weighted by Gasteiger charge is -2.21. The van der Waals surface area contributed by atoms with Gasteiger partial charge in [0, 0.05) is 13.1 Å². The standard InChI is InChI=1S/C23H25FN2O4S/c1-5-26(13-16-6-11-19(28-3)20(12-16)29-4)23(27)22-15(2)25-21(31-22)14-30-18-9-7-17(24)8-10-18/h6-12H,5,13-14H2,1-4H3. The largest absolute Gasteiger partial charge is 0.493 e. The van der Waals surface area contributed by atoms with E-state index in [2.05, 4.69) is 4.98 Å². The highest BCUT2D eigenvalue weighted by Crippen LogP contribution is 2.29. The molecule has 2 aromatic carbocycles. The van der Waals surface area contributed by atoms with Gasteiger partial charge in [-0.1, -0.05) is 6.07 Å². The Bertz CT molecular complexity index is 1040. The van der Waals surface area contributed by atoms with Crippen molar-refractivity contribution in [1.82, 2.24) is 9.88 Å². The van der Waals surface area contributed by atoms with E-state index in [9.17, 15) is 9.18 Å². The maximum absolute atomic E-state index is 13.2. The van der Waals surface area contributed by atoms with Crippen molar-refractivity contribution in [1.29, 1.82) is 0 Å². The van der Waals surface area contributed by atoms with E-state index in [0.29, 0.717) is 45.9 Å². The number of hydrogen-bond donors (Lipinski definition) is 0. The molecule has 0 N–H and O–H groups in total. The average Bonchev–Trinajstić information content (AvgIpc) is 3.16. The van der Waals surface area contributed by atoms with Crippen molar-refractivity contribution >= 4 is 17.2 Å². The lowest BCUT2D eigenvalue weighted by molar-refractivity contribution is 0.0756. The van der Waals surface area contributed by atoms with Crippen LogP contribution in [-0.2, 0) is 13.2 Å². The lowest BCUT2D eigenvalue weighted by Crippen LogP contribution is -2.30. The monoisotopic (exact) mass is 444 g/mol. The Morgan fingerprint density at radius 3 is 2.45 bits per heavy atom. The van der Waals surface area contributed by atoms with Crippen molar-refractivity contribution in [3.63, 3.8) is 0 Å². The zero-order chi connectivity index (χ0) is 22.4. The van der Waals surface area contributed by atoms with Gasteiger partial charge in [0.2, 0.25) is 0 Å². The molecule has 1 amide bonds. The highest BCUT2D eigenvalue weighted by atomic mass is 32.1. The van der Waals surface area contributed by atoms with Gasteiger partial charge in [0.25, 0.3) is 5.91 Å². The summed E-state index contributed by atoms with van der Waals surface area (Å²) in [5.41, 5.74) is 1.60. The number of carbonyl (C=O) groups is 1. The second kappa shape index (κ2) is 10.3. The summed E-state index contributed by atoms with van der Waals surface area (Å²) in [6.45, 7) is 4.95. The van der Waals surface area contributed by atoms with E-state index >= 15 is 0 Å². The minimum atomic E-state index is -0.320. The van der Waals surface area contributed by atoms with E-state index in [1.54, 1.807) is 31.3 Å². The van der Waals surface area contributed by atoms with Crippen LogP contribution in [0.5, 0.6) is 17.2 Å². The summed E-state index contributed by atoms with van der Waals surface area (Å²) < 4.78 is 29.3. The number of aromatic nitrogens is 1. The number of aryl methyl sites for hydroxylation is 1. The molecule has 164 valence electrons. The van der Waals surface area contributed by atoms with Gasteiger partial charge in [-0.2, -0.15) is 0 Å². The van der Waals surface area contributed by atoms with Crippen LogP contribution in [0, 0.1) is 12.7 Å². The Hall–Kier alpha value is -3.13. The van der Waals surface area contributed by atoms with E-state index in [4.69, 9.17) is 14.2 Å². The minimum Gasteiger partial charge on any atom is -0.493 e. The van der Waals surface area contributed by atoms with Crippen LogP contribution in [0.3, 0.4) is 0 Å². The average molecular weight is 445 g/mol. The van der Waals surface area contributed by atoms with Crippen LogP contribution in [0.4, 0.5) is 4.39 Å². The Labute approximate surface area is 185 Å². The number of halogens is 1. The van der Waals surface area contributed by atoms with Gasteiger partial charge in [0.15, 0.2) is 11.5 Å². The molecule has 31 heavy (non-hydrogen) atoms. The first-order valence-electron chi connectivity index (χ1n) is 9.80. The molecule has 1 heterocycles. The topological polar surface area (TPSA) is 60.9 Å². The summed E-state index contributed by atoms with van der Waals surface area (Å²) >= 11 is 1.31. The zero-order valence-corrected chi connectivity index (χ0v) is 18.8. The number of carbonyl (C=O) groups excluding carboxylic acids is 1. The lowest BCUT2D eigenvalue weighted by atomic mass is 10.2. The molecule has 0 aliphatic heterocycles. The first-order valence-corrected chi connectivity index (χ1v) is 10.6. The normalized spacial score (nSPS) is 10.6. The fourth-order valence-electron chi connectivity index (χ4n) is 3.06. The molecule has 0 aliphatic carbocycles. The number of ether oxygens (including phenoxy) is 3. The fourth-order valence-corrected chi connectivity index (χ4v) is 4.00. The van der Waals surface area contributed by atoms with Crippen LogP contribution >= 0.6 is 11.3 Å². The SMILES string of the molecule is CCN(Cc1ccc(OC)c(OC)c1)C(=O)c1sc(COc2ccc(F)cc2)nc1C. The van der Waals surface area contributed by atoms with Crippen LogP contribution in [0.25, 0.3) is 0 Å². The molecule has 6 nitrogen and oxygen atoms in total. The number of amides is 1. The highest BCUT2D eigenvalue weighted by molar-refractivity contribution is 7.13. The summed E-state index contributed by atoms with van der Waals surface area (Å²) in [5.74, 6) is 1.41. The second-order valence-electron chi connectivity index (χ2n) is 6.77. The third kappa shape index (κ3) is 5.52. The van der Waals surface area contributed by atoms with Crippen molar-refractivity contribution in [2.24, 2.45) is 0 Å². The van der Waals surface area contributed by atoms with Crippen molar-refractivity contribution in [3.8, 4) is 17.2 Å². The maximum Gasteiger partial charge on any atom is 0.266 e. The smallest absolute Gasteiger partial charge is 0.266 e. The molecule has 1 aromatic heterocycles. The molecule has 3 aromatic rings. The summed E-state index contributed by atoms with van der Waals surface area (Å²) in [5, 5.41) is 0.687. The van der Waals surface area contributed by atoms with Gasteiger partial charge in [-0.3, -0.25) is 4.79 Å². The molecule has 0 saturated carbocycles. The van der Waals surface area contributed by atoms with Gasteiger partial charge in [0.05, 0.1) is 19.9 Å². The van der Waals surface area contributed by atoms with Gasteiger partial charge in [-0.05, 0) is 55.8 Å². The van der Waals surface area contributed by atoms with Gasteiger partial charge in [-0.25, -0.2) is 9.37 Å². The van der Waals surface area contributed by atoms with Crippen molar-refractivity contribution in [3.05, 3.63) is 69.4 Å². The quantitative estimate of drug-likeness (QED) is 0.472. The molecular weight excluding hydrogens is 419 g/mol. The van der Waals surface area contributed by atoms with E-state index in [1.807, 2.05) is 32.0 Å². The minimum absolute atomic E-state index is 0.0830. The first-order chi connectivity index (χ1) is 14.9. The molecule has 3 rings (SSSR count). The Morgan fingerprint density at radius 1 is 1.10 bits per heavy atom. The van der Waals surface area contributed by atoms with E-state index in [1.165, 1.54) is 23.5 Å². The number of methoxy groups -OCH3 is 2. The van der Waals surface area contributed by atoms with Gasteiger partial charge in [0.1, 0.15) is 28.1 Å². The number of nitrogens with zero attached hydrogens (tertiary/aromatic N) is 2. The molecule has 0 saturated heterocycles. The van der Waals surface area contributed by atoms with Gasteiger partial charge >= 0.3 is 0 Å². The molecule has 8 heteroatoms. The number of thiazole rings is 1. The fraction of sp³-hybridized carbons (Fsp3) is 0.304. The van der Waals surface area contributed by atoms with E-state index < -0.39 is 0 Å². The van der Waals surface area contributed by atoms with E-state index in [-0.39, 0.29) is 18.3 Å². The number of rotatable bonds is 9. The summed E-state index contributed by atoms with van der Waals surface area (Å²) in [7, 11) is 3.17. The predicted molar refractivity (Wildman–Crippen MR) is 118 cm³/mol. The molecule has 0 atom stereocenters. The Kier molecular flexibility index (Phi) is 7.46. The third-order valence-electron chi connectivity index (χ3n) is 4.70. The molecule has 0 unspecified atom stereocenters. The van der Waals surface area contributed by atoms with Crippen LogP contribution < -0.4 is 14.2 Å².